The maximum Gasteiger partial charge on any atom is 0.250 e. The molecule has 4 nitrogen and oxygen atoms in total. The van der Waals surface area contributed by atoms with Gasteiger partial charge in [-0.25, -0.2) is 4.98 Å². The number of carbonyl (C=O) groups excluding carboxylic acids is 1. The number of nitrogens with zero attached hydrogens (tertiary/aromatic N) is 1. The van der Waals surface area contributed by atoms with Crippen LogP contribution in [0.4, 0.5) is 5.82 Å². The number of aromatic nitrogens is 1. The van der Waals surface area contributed by atoms with Gasteiger partial charge in [0.2, 0.25) is 5.91 Å². The Labute approximate surface area is 118 Å². The summed E-state index contributed by atoms with van der Waals surface area (Å²) < 4.78 is 0. The SMILES string of the molecule is NC(=O)c1ccc(NC2CCc3ccccc3C2)nc1. The van der Waals surface area contributed by atoms with Crippen molar-refractivity contribution in [2.45, 2.75) is 25.3 Å². The molecule has 1 amide bonds. The number of benzene rings is 1. The second-order valence-electron chi connectivity index (χ2n) is 5.15. The lowest BCUT2D eigenvalue weighted by Crippen LogP contribution is -2.27. The molecule has 4 heteroatoms. The van der Waals surface area contributed by atoms with Gasteiger partial charge in [0.1, 0.15) is 5.82 Å². The van der Waals surface area contributed by atoms with Gasteiger partial charge in [-0.3, -0.25) is 4.79 Å². The van der Waals surface area contributed by atoms with Gasteiger partial charge in [0.25, 0.3) is 0 Å². The molecule has 0 saturated heterocycles. The summed E-state index contributed by atoms with van der Waals surface area (Å²) in [5.41, 5.74) is 8.49. The van der Waals surface area contributed by atoms with Crippen molar-refractivity contribution in [3.05, 3.63) is 59.3 Å². The van der Waals surface area contributed by atoms with Crippen LogP contribution >= 0.6 is 0 Å². The molecule has 0 spiro atoms. The monoisotopic (exact) mass is 267 g/mol. The Morgan fingerprint density at radius 3 is 2.70 bits per heavy atom. The van der Waals surface area contributed by atoms with Gasteiger partial charge in [-0.15, -0.1) is 0 Å². The number of nitrogens with one attached hydrogen (secondary N) is 1. The number of amides is 1. The van der Waals surface area contributed by atoms with Crippen LogP contribution in [0.15, 0.2) is 42.6 Å². The van der Waals surface area contributed by atoms with Gasteiger partial charge >= 0.3 is 0 Å². The second kappa shape index (κ2) is 5.33. The molecule has 0 bridgehead atoms. The highest BCUT2D eigenvalue weighted by Crippen LogP contribution is 2.23. The van der Waals surface area contributed by atoms with Crippen LogP contribution in [0, 0.1) is 0 Å². The van der Waals surface area contributed by atoms with Crippen LogP contribution < -0.4 is 11.1 Å². The molecule has 102 valence electrons. The summed E-state index contributed by atoms with van der Waals surface area (Å²) in [6, 6.07) is 12.5. The minimum atomic E-state index is -0.448. The summed E-state index contributed by atoms with van der Waals surface area (Å²) in [4.78, 5) is 15.2. The van der Waals surface area contributed by atoms with Gasteiger partial charge in [-0.2, -0.15) is 0 Å². The molecule has 0 aliphatic heterocycles. The Kier molecular flexibility index (Phi) is 3.37. The number of nitrogens with two attached hydrogens (primary N) is 1. The molecule has 1 aromatic heterocycles. The molecule has 1 atom stereocenters. The van der Waals surface area contributed by atoms with E-state index in [4.69, 9.17) is 5.73 Å². The highest BCUT2D eigenvalue weighted by atomic mass is 16.1. The Morgan fingerprint density at radius 2 is 2.00 bits per heavy atom. The summed E-state index contributed by atoms with van der Waals surface area (Å²) >= 11 is 0. The van der Waals surface area contributed by atoms with Crippen molar-refractivity contribution in [3.8, 4) is 0 Å². The Balaban J connectivity index is 1.69. The van der Waals surface area contributed by atoms with E-state index < -0.39 is 5.91 Å². The predicted molar refractivity (Wildman–Crippen MR) is 78.6 cm³/mol. The van der Waals surface area contributed by atoms with E-state index in [0.717, 1.165) is 25.1 Å². The molecule has 1 aromatic carbocycles. The van der Waals surface area contributed by atoms with Crippen molar-refractivity contribution in [3.63, 3.8) is 0 Å². The standard InChI is InChI=1S/C16H17N3O/c17-16(20)13-6-8-15(18-10-13)19-14-7-5-11-3-1-2-4-12(11)9-14/h1-4,6,8,10,14H,5,7,9H2,(H2,17,20)(H,18,19). The summed E-state index contributed by atoms with van der Waals surface area (Å²) in [5, 5.41) is 3.42. The highest BCUT2D eigenvalue weighted by Gasteiger charge is 2.18. The molecule has 2 aromatic rings. The van der Waals surface area contributed by atoms with Gasteiger partial charge in [-0.05, 0) is 42.5 Å². The van der Waals surface area contributed by atoms with Crippen LogP contribution in [-0.4, -0.2) is 16.9 Å². The van der Waals surface area contributed by atoms with Crippen LogP contribution in [0.3, 0.4) is 0 Å². The number of hydrogen-bond donors (Lipinski definition) is 2. The van der Waals surface area contributed by atoms with E-state index in [2.05, 4.69) is 34.6 Å². The van der Waals surface area contributed by atoms with E-state index in [1.807, 2.05) is 0 Å². The third kappa shape index (κ3) is 2.64. The molecular weight excluding hydrogens is 250 g/mol. The Hall–Kier alpha value is -2.36. The molecule has 1 aliphatic rings. The predicted octanol–water partition coefficient (Wildman–Crippen LogP) is 2.15. The van der Waals surface area contributed by atoms with Crippen LogP contribution in [0.5, 0.6) is 0 Å². The summed E-state index contributed by atoms with van der Waals surface area (Å²) in [6.45, 7) is 0. The van der Waals surface area contributed by atoms with Crippen molar-refractivity contribution in [1.29, 1.82) is 0 Å². The van der Waals surface area contributed by atoms with Crippen molar-refractivity contribution in [2.24, 2.45) is 5.73 Å². The zero-order chi connectivity index (χ0) is 13.9. The van der Waals surface area contributed by atoms with E-state index in [9.17, 15) is 4.79 Å². The third-order valence-electron chi connectivity index (χ3n) is 3.75. The van der Waals surface area contributed by atoms with Crippen molar-refractivity contribution in [1.82, 2.24) is 4.98 Å². The van der Waals surface area contributed by atoms with E-state index in [0.29, 0.717) is 11.6 Å². The Bertz CT molecular complexity index is 622. The number of aryl methyl sites for hydroxylation is 1. The molecule has 1 heterocycles. The van der Waals surface area contributed by atoms with Crippen LogP contribution in [-0.2, 0) is 12.8 Å². The largest absolute Gasteiger partial charge is 0.367 e. The van der Waals surface area contributed by atoms with Crippen LogP contribution in [0.2, 0.25) is 0 Å². The number of rotatable bonds is 3. The van der Waals surface area contributed by atoms with Gasteiger partial charge in [-0.1, -0.05) is 24.3 Å². The first-order valence-electron chi connectivity index (χ1n) is 6.81. The van der Waals surface area contributed by atoms with Crippen molar-refractivity contribution >= 4 is 11.7 Å². The van der Waals surface area contributed by atoms with Gasteiger partial charge in [0, 0.05) is 12.2 Å². The molecule has 0 saturated carbocycles. The summed E-state index contributed by atoms with van der Waals surface area (Å²) in [7, 11) is 0. The fraction of sp³-hybridized carbons (Fsp3) is 0.250. The van der Waals surface area contributed by atoms with Gasteiger partial charge in [0.15, 0.2) is 0 Å². The minimum Gasteiger partial charge on any atom is -0.367 e. The first-order valence-corrected chi connectivity index (χ1v) is 6.81. The fourth-order valence-corrected chi connectivity index (χ4v) is 2.66. The quantitative estimate of drug-likeness (QED) is 0.895. The topological polar surface area (TPSA) is 68.0 Å². The van der Waals surface area contributed by atoms with Crippen LogP contribution in [0.25, 0.3) is 0 Å². The van der Waals surface area contributed by atoms with E-state index in [-0.39, 0.29) is 0 Å². The first kappa shape index (κ1) is 12.7. The zero-order valence-electron chi connectivity index (χ0n) is 11.2. The maximum absolute atomic E-state index is 11.0. The number of fused-ring (bicyclic) bond motifs is 1. The summed E-state index contributed by atoms with van der Waals surface area (Å²) in [5.74, 6) is 0.343. The normalized spacial score (nSPS) is 17.3. The molecule has 3 rings (SSSR count). The zero-order valence-corrected chi connectivity index (χ0v) is 11.2. The maximum atomic E-state index is 11.0. The van der Waals surface area contributed by atoms with Gasteiger partial charge < -0.3 is 11.1 Å². The number of hydrogen-bond acceptors (Lipinski definition) is 3. The van der Waals surface area contributed by atoms with Crippen molar-refractivity contribution < 1.29 is 4.79 Å². The average Bonchev–Trinajstić information content (AvgIpc) is 2.48. The summed E-state index contributed by atoms with van der Waals surface area (Å²) in [6.07, 6.45) is 4.71. The first-order chi connectivity index (χ1) is 9.72. The number of pyridine rings is 1. The molecule has 0 fully saturated rings. The number of anilines is 1. The van der Waals surface area contributed by atoms with Crippen molar-refractivity contribution in [2.75, 3.05) is 5.32 Å². The minimum absolute atomic E-state index is 0.386. The third-order valence-corrected chi connectivity index (χ3v) is 3.75. The van der Waals surface area contributed by atoms with Crippen LogP contribution in [0.1, 0.15) is 27.9 Å². The molecule has 0 radical (unpaired) electrons. The smallest absolute Gasteiger partial charge is 0.250 e. The fourth-order valence-electron chi connectivity index (χ4n) is 2.66. The number of carbonyl (C=O) groups is 1. The van der Waals surface area contributed by atoms with E-state index in [1.54, 1.807) is 12.1 Å². The lowest BCUT2D eigenvalue weighted by atomic mass is 9.88. The molecule has 1 unspecified atom stereocenters. The lowest BCUT2D eigenvalue weighted by molar-refractivity contribution is 0.1000. The molecule has 3 N–H and O–H groups in total. The van der Waals surface area contributed by atoms with E-state index in [1.165, 1.54) is 17.3 Å². The molecule has 20 heavy (non-hydrogen) atoms. The van der Waals surface area contributed by atoms with Gasteiger partial charge in [0.05, 0.1) is 5.56 Å². The molecular formula is C16H17N3O. The second-order valence-corrected chi connectivity index (χ2v) is 5.15. The Morgan fingerprint density at radius 1 is 1.20 bits per heavy atom. The number of primary amides is 1. The average molecular weight is 267 g/mol. The highest BCUT2D eigenvalue weighted by molar-refractivity contribution is 5.92. The lowest BCUT2D eigenvalue weighted by Gasteiger charge is -2.25. The molecule has 1 aliphatic carbocycles. The van der Waals surface area contributed by atoms with E-state index >= 15 is 0 Å².